The van der Waals surface area contributed by atoms with Gasteiger partial charge >= 0.3 is 39.5 Å². The Morgan fingerprint density at radius 2 is 0.500 bits per heavy atom. The molecule has 17 nitrogen and oxygen atoms in total. The molecule has 3 N–H and O–H groups in total. The van der Waals surface area contributed by atoms with E-state index < -0.39 is 97.5 Å². The lowest BCUT2D eigenvalue weighted by Crippen LogP contribution is -2.30. The number of ether oxygens (including phenoxy) is 4. The molecule has 0 aliphatic rings. The first-order chi connectivity index (χ1) is 53.7. The van der Waals surface area contributed by atoms with Crippen LogP contribution in [-0.2, 0) is 65.4 Å². The summed E-state index contributed by atoms with van der Waals surface area (Å²) >= 11 is 0. The Hall–Kier alpha value is -7.14. The zero-order chi connectivity index (χ0) is 80.3. The van der Waals surface area contributed by atoms with Gasteiger partial charge in [-0.3, -0.25) is 37.3 Å². The molecule has 0 bridgehead atoms. The van der Waals surface area contributed by atoms with Crippen LogP contribution in [0, 0.1) is 0 Å². The van der Waals surface area contributed by atoms with Crippen molar-refractivity contribution in [1.82, 2.24) is 0 Å². The Labute approximate surface area is 663 Å². The van der Waals surface area contributed by atoms with Crippen LogP contribution in [0.1, 0.15) is 246 Å². The lowest BCUT2D eigenvalue weighted by Gasteiger charge is -2.21. The van der Waals surface area contributed by atoms with Crippen molar-refractivity contribution in [1.29, 1.82) is 0 Å². The second-order valence-electron chi connectivity index (χ2n) is 25.5. The average molecular weight is 1570 g/mol. The van der Waals surface area contributed by atoms with Gasteiger partial charge < -0.3 is 33.8 Å². The SMILES string of the molecule is CC/C=C\C/C=C\C/C=C\C/C=C\C/C=C\C/C=C\CCC(=O)OCC(COP(=O)(O)OCC(O)COP(=O)(O)OCC(COC(=O)CC/C=C\C/C=C\C/C=C\C/C=C\C/C=C\C/C=C\CC)OC(=O)CCCCCCCCC/C=C\C/C=C\C/C=C\CC)OC(=O)C/C=C\C/C=C\C/C=C\C/C=C\C/C=C\CC. The molecule has 0 spiro atoms. The fourth-order valence-electron chi connectivity index (χ4n) is 9.42. The number of aliphatic hydroxyl groups is 1. The van der Waals surface area contributed by atoms with Crippen molar-refractivity contribution in [3.8, 4) is 0 Å². The molecule has 5 atom stereocenters. The highest BCUT2D eigenvalue weighted by atomic mass is 31.2. The van der Waals surface area contributed by atoms with Crippen LogP contribution in [0.5, 0.6) is 0 Å². The number of carbonyl (C=O) groups excluding carboxylic acids is 4. The Kier molecular flexibility index (Phi) is 74.7. The molecule has 0 aliphatic heterocycles. The number of allylic oxidation sites excluding steroid dienone is 39. The molecular weight excluding hydrogens is 1430 g/mol. The zero-order valence-corrected chi connectivity index (χ0v) is 68.9. The maximum Gasteiger partial charge on any atom is 0.472 e. The van der Waals surface area contributed by atoms with E-state index in [1.54, 1.807) is 12.2 Å². The van der Waals surface area contributed by atoms with Gasteiger partial charge in [0, 0.05) is 19.3 Å². The first-order valence-electron chi connectivity index (χ1n) is 40.3. The molecule has 0 aromatic heterocycles. The summed E-state index contributed by atoms with van der Waals surface area (Å²) in [7, 11) is -10.1. The van der Waals surface area contributed by atoms with E-state index in [9.17, 15) is 43.2 Å². The van der Waals surface area contributed by atoms with Gasteiger partial charge in [0.15, 0.2) is 12.2 Å². The molecule has 5 unspecified atom stereocenters. The second-order valence-corrected chi connectivity index (χ2v) is 28.4. The molecule has 0 aromatic carbocycles. The Morgan fingerprint density at radius 1 is 0.264 bits per heavy atom. The largest absolute Gasteiger partial charge is 0.472 e. The molecule has 110 heavy (non-hydrogen) atoms. The van der Waals surface area contributed by atoms with Crippen molar-refractivity contribution in [2.45, 2.75) is 264 Å². The fourth-order valence-corrected chi connectivity index (χ4v) is 11.0. The van der Waals surface area contributed by atoms with E-state index in [1.807, 2.05) is 48.6 Å². The monoisotopic (exact) mass is 1560 g/mol. The number of hydrogen-bond acceptors (Lipinski definition) is 15. The van der Waals surface area contributed by atoms with Crippen LogP contribution in [0.4, 0.5) is 0 Å². The number of rotatable bonds is 72. The molecule has 19 heteroatoms. The molecule has 0 amide bonds. The number of phosphoric ester groups is 2. The summed E-state index contributed by atoms with van der Waals surface area (Å²) in [6.07, 6.45) is 105. The average Bonchev–Trinajstić information content (AvgIpc) is 0.899. The summed E-state index contributed by atoms with van der Waals surface area (Å²) in [6, 6.07) is 0. The summed E-state index contributed by atoms with van der Waals surface area (Å²) in [4.78, 5) is 73.0. The molecule has 0 saturated carbocycles. The van der Waals surface area contributed by atoms with Crippen molar-refractivity contribution >= 4 is 39.5 Å². The lowest BCUT2D eigenvalue weighted by atomic mass is 10.1. The molecule has 0 fully saturated rings. The maximum atomic E-state index is 13.1. The molecule has 0 aromatic rings. The molecule has 0 saturated heterocycles. The van der Waals surface area contributed by atoms with Gasteiger partial charge in [-0.15, -0.1) is 0 Å². The van der Waals surface area contributed by atoms with E-state index >= 15 is 0 Å². The third-order valence-corrected chi connectivity index (χ3v) is 17.3. The van der Waals surface area contributed by atoms with Gasteiger partial charge in [-0.1, -0.05) is 303 Å². The topological polar surface area (TPSA) is 237 Å². The van der Waals surface area contributed by atoms with Crippen LogP contribution < -0.4 is 0 Å². The number of esters is 4. The minimum Gasteiger partial charge on any atom is -0.462 e. The van der Waals surface area contributed by atoms with Crippen molar-refractivity contribution < 1.29 is 80.2 Å². The van der Waals surface area contributed by atoms with Crippen LogP contribution in [0.2, 0.25) is 0 Å². The van der Waals surface area contributed by atoms with E-state index in [0.29, 0.717) is 38.5 Å². The molecule has 0 aliphatic carbocycles. The standard InChI is InChI=1S/C91H138O17P2/c1-5-9-13-17-21-25-29-33-37-40-42-45-48-51-55-59-63-67-71-75-88(93)101-81-86(107-90(95)77-73-69-65-61-57-53-47-36-32-28-24-20-16-12-8-4)83-105-109(97,98)103-79-85(92)80-104-110(99,100)106-84-87(108-91(96)78-74-70-66-62-58-54-50-44-39-35-31-27-23-19-15-11-7-3)82-102-89(94)76-72-68-64-60-56-52-49-46-43-41-38-34-30-26-22-18-14-10-6-2/h9-16,21-28,33-39,42-43,45-47,51-52,55-57,61,63-64,67-69,73,85-87,92H,5-8,17-20,29-32,40-41,44,48-50,53-54,58-60,62,65-66,70-72,74-84H2,1-4H3,(H,97,98)(H,99,100)/b13-9-,14-10-,15-11-,16-12-,25-21-,26-22-,27-23-,28-24-,37-33-,38-34-,39-35-,45-42-,46-43-,47-36-,55-51-,56-52-,61-57-,67-63-,68-64-,73-69-. The van der Waals surface area contributed by atoms with Crippen LogP contribution in [0.15, 0.2) is 243 Å². The molecule has 0 heterocycles. The Morgan fingerprint density at radius 3 is 0.800 bits per heavy atom. The van der Waals surface area contributed by atoms with E-state index in [4.69, 9.17) is 37.0 Å². The number of aliphatic hydroxyl groups excluding tert-OH is 1. The smallest absolute Gasteiger partial charge is 0.462 e. The molecule has 0 radical (unpaired) electrons. The lowest BCUT2D eigenvalue weighted by molar-refractivity contribution is -0.161. The Bertz CT molecular complexity index is 3050. The van der Waals surface area contributed by atoms with Gasteiger partial charge in [-0.05, 0) is 161 Å². The highest BCUT2D eigenvalue weighted by Gasteiger charge is 2.30. The van der Waals surface area contributed by atoms with Crippen LogP contribution in [-0.4, -0.2) is 96.7 Å². The minimum atomic E-state index is -5.04. The predicted molar refractivity (Wildman–Crippen MR) is 454 cm³/mol. The van der Waals surface area contributed by atoms with Gasteiger partial charge in [0.05, 0.1) is 32.8 Å². The van der Waals surface area contributed by atoms with Gasteiger partial charge in [-0.2, -0.15) is 0 Å². The van der Waals surface area contributed by atoms with Crippen molar-refractivity contribution in [3.05, 3.63) is 243 Å². The summed E-state index contributed by atoms with van der Waals surface area (Å²) in [5, 5.41) is 10.6. The van der Waals surface area contributed by atoms with Crippen molar-refractivity contribution in [3.63, 3.8) is 0 Å². The quantitative estimate of drug-likeness (QED) is 0.0169. The second kappa shape index (κ2) is 79.9. The minimum absolute atomic E-state index is 0.00410. The summed E-state index contributed by atoms with van der Waals surface area (Å²) in [5.41, 5.74) is 0. The first-order valence-corrected chi connectivity index (χ1v) is 43.3. The van der Waals surface area contributed by atoms with Gasteiger partial charge in [-0.25, -0.2) is 9.13 Å². The number of hydrogen-bond donors (Lipinski definition) is 3. The number of phosphoric acid groups is 2. The first kappa shape index (κ1) is 103. The van der Waals surface area contributed by atoms with Crippen molar-refractivity contribution in [2.24, 2.45) is 0 Å². The summed E-state index contributed by atoms with van der Waals surface area (Å²) < 4.78 is 68.3. The summed E-state index contributed by atoms with van der Waals surface area (Å²) in [5.74, 6) is -2.57. The van der Waals surface area contributed by atoms with E-state index in [0.717, 1.165) is 154 Å². The third kappa shape index (κ3) is 79.0. The zero-order valence-electron chi connectivity index (χ0n) is 67.1. The number of unbranched alkanes of at least 4 members (excludes halogenated alkanes) is 7. The van der Waals surface area contributed by atoms with E-state index in [1.165, 1.54) is 0 Å². The molecular formula is C91H138O17P2. The van der Waals surface area contributed by atoms with Crippen LogP contribution >= 0.6 is 15.6 Å². The normalized spacial score (nSPS) is 15.1. The van der Waals surface area contributed by atoms with Crippen molar-refractivity contribution in [2.75, 3.05) is 39.6 Å². The van der Waals surface area contributed by atoms with Gasteiger partial charge in [0.25, 0.3) is 0 Å². The van der Waals surface area contributed by atoms with Crippen LogP contribution in [0.3, 0.4) is 0 Å². The highest BCUT2D eigenvalue weighted by molar-refractivity contribution is 7.47. The fraction of sp³-hybridized carbons (Fsp3) is 0.516. The number of carbonyl (C=O) groups is 4. The molecule has 0 rings (SSSR count). The summed E-state index contributed by atoms with van der Waals surface area (Å²) in [6.45, 7) is 4.07. The maximum absolute atomic E-state index is 13.1. The van der Waals surface area contributed by atoms with Crippen LogP contribution in [0.25, 0.3) is 0 Å². The predicted octanol–water partition coefficient (Wildman–Crippen LogP) is 24.0. The van der Waals surface area contributed by atoms with E-state index in [2.05, 4.69) is 210 Å². The third-order valence-electron chi connectivity index (χ3n) is 15.4. The van der Waals surface area contributed by atoms with E-state index in [-0.39, 0.29) is 25.7 Å². The van der Waals surface area contributed by atoms with Gasteiger partial charge in [0.1, 0.15) is 19.3 Å². The Balaban J connectivity index is 5.61. The van der Waals surface area contributed by atoms with Gasteiger partial charge in [0.2, 0.25) is 0 Å². The molecule has 614 valence electrons. The highest BCUT2D eigenvalue weighted by Crippen LogP contribution is 2.45.